The highest BCUT2D eigenvalue weighted by molar-refractivity contribution is 7.89. The van der Waals surface area contributed by atoms with E-state index >= 15 is 0 Å². The molecule has 5 nitrogen and oxygen atoms in total. The molecule has 0 atom stereocenters. The standard InChI is InChI=1S/C8H11N3O2S/c1-7-3-5-8(6-4-7)14(12,13)11(2)10-9/h3-6,9H,1-2H3. The first kappa shape index (κ1) is 10.6. The van der Waals surface area contributed by atoms with Gasteiger partial charge in [0.2, 0.25) is 0 Å². The molecule has 0 amide bonds. The molecule has 0 aliphatic carbocycles. The van der Waals surface area contributed by atoms with Crippen LogP contribution in [0, 0.1) is 12.5 Å². The minimum atomic E-state index is -3.63. The molecule has 0 bridgehead atoms. The van der Waals surface area contributed by atoms with Crippen LogP contribution in [-0.4, -0.2) is 19.9 Å². The van der Waals surface area contributed by atoms with E-state index in [0.717, 1.165) is 5.56 Å². The normalized spacial score (nSPS) is 11.0. The second-order valence-corrected chi connectivity index (χ2v) is 4.80. The molecule has 76 valence electrons. The maximum Gasteiger partial charge on any atom is 0.280 e. The predicted molar refractivity (Wildman–Crippen MR) is 51.3 cm³/mol. The molecule has 0 fully saturated rings. The summed E-state index contributed by atoms with van der Waals surface area (Å²) in [7, 11) is -2.40. The molecule has 1 aromatic rings. The number of benzene rings is 1. The van der Waals surface area contributed by atoms with Gasteiger partial charge in [-0.25, -0.2) is 0 Å². The summed E-state index contributed by atoms with van der Waals surface area (Å²) in [5.41, 5.74) is 7.61. The number of hydrogen-bond donors (Lipinski definition) is 1. The molecule has 1 rings (SSSR count). The second kappa shape index (κ2) is 3.75. The minimum absolute atomic E-state index is 0.140. The average Bonchev–Trinajstić information content (AvgIpc) is 2.17. The van der Waals surface area contributed by atoms with Crippen LogP contribution in [0.15, 0.2) is 34.4 Å². The third-order valence-electron chi connectivity index (χ3n) is 1.81. The van der Waals surface area contributed by atoms with Crippen LogP contribution in [-0.2, 0) is 10.0 Å². The van der Waals surface area contributed by atoms with E-state index in [4.69, 9.17) is 5.53 Å². The van der Waals surface area contributed by atoms with E-state index in [9.17, 15) is 8.42 Å². The van der Waals surface area contributed by atoms with Crippen molar-refractivity contribution in [1.82, 2.24) is 4.41 Å². The Morgan fingerprint density at radius 1 is 1.29 bits per heavy atom. The van der Waals surface area contributed by atoms with E-state index in [0.29, 0.717) is 4.41 Å². The van der Waals surface area contributed by atoms with Gasteiger partial charge in [0.25, 0.3) is 10.0 Å². The molecule has 0 aromatic heterocycles. The summed E-state index contributed by atoms with van der Waals surface area (Å²) in [5, 5.41) is 2.85. The average molecular weight is 213 g/mol. The lowest BCUT2D eigenvalue weighted by Crippen LogP contribution is -2.20. The molecule has 0 unspecified atom stereocenters. The first-order valence-electron chi connectivity index (χ1n) is 3.91. The van der Waals surface area contributed by atoms with Crippen molar-refractivity contribution < 1.29 is 8.42 Å². The maximum absolute atomic E-state index is 11.6. The molecule has 0 aliphatic heterocycles. The van der Waals surface area contributed by atoms with Crippen LogP contribution in [0.25, 0.3) is 0 Å². The summed E-state index contributed by atoms with van der Waals surface area (Å²) in [6, 6.07) is 6.38. The zero-order chi connectivity index (χ0) is 10.8. The summed E-state index contributed by atoms with van der Waals surface area (Å²) >= 11 is 0. The van der Waals surface area contributed by atoms with E-state index in [-0.39, 0.29) is 4.90 Å². The fourth-order valence-electron chi connectivity index (χ4n) is 0.917. The highest BCUT2D eigenvalue weighted by Crippen LogP contribution is 2.14. The van der Waals surface area contributed by atoms with Crippen molar-refractivity contribution in [2.75, 3.05) is 7.05 Å². The van der Waals surface area contributed by atoms with Crippen molar-refractivity contribution >= 4 is 10.0 Å². The van der Waals surface area contributed by atoms with Crippen LogP contribution in [0.5, 0.6) is 0 Å². The molecule has 0 saturated carbocycles. The predicted octanol–water partition coefficient (Wildman–Crippen LogP) is 1.56. The van der Waals surface area contributed by atoms with E-state index in [2.05, 4.69) is 5.22 Å². The number of aryl methyl sites for hydroxylation is 1. The molecule has 1 N–H and O–H groups in total. The molecule has 14 heavy (non-hydrogen) atoms. The van der Waals surface area contributed by atoms with Crippen molar-refractivity contribution in [2.45, 2.75) is 11.8 Å². The van der Waals surface area contributed by atoms with Gasteiger partial charge in [0.15, 0.2) is 0 Å². The highest BCUT2D eigenvalue weighted by Gasteiger charge is 2.18. The second-order valence-electron chi connectivity index (χ2n) is 2.85. The Hall–Kier alpha value is -1.43. The van der Waals surface area contributed by atoms with Crippen LogP contribution < -0.4 is 0 Å². The van der Waals surface area contributed by atoms with Gasteiger partial charge >= 0.3 is 0 Å². The highest BCUT2D eigenvalue weighted by atomic mass is 32.2. The number of rotatable bonds is 3. The van der Waals surface area contributed by atoms with Crippen LogP contribution in [0.1, 0.15) is 5.56 Å². The first-order chi connectivity index (χ1) is 6.48. The molecule has 6 heteroatoms. The van der Waals surface area contributed by atoms with Crippen LogP contribution in [0.4, 0.5) is 0 Å². The molecular weight excluding hydrogens is 202 g/mol. The Bertz CT molecular complexity index is 424. The number of hydrogen-bond acceptors (Lipinski definition) is 4. The lowest BCUT2D eigenvalue weighted by molar-refractivity contribution is 0.460. The van der Waals surface area contributed by atoms with E-state index in [1.165, 1.54) is 19.2 Å². The van der Waals surface area contributed by atoms with E-state index in [1.54, 1.807) is 12.1 Å². The Kier molecular flexibility index (Phi) is 2.85. The Labute approximate surface area is 82.9 Å². The summed E-state index contributed by atoms with van der Waals surface area (Å²) in [6.07, 6.45) is 0. The number of sulfonamides is 1. The Morgan fingerprint density at radius 3 is 2.21 bits per heavy atom. The van der Waals surface area contributed by atoms with Gasteiger partial charge in [-0.1, -0.05) is 22.9 Å². The molecular formula is C8H11N3O2S. The third kappa shape index (κ3) is 1.90. The topological polar surface area (TPSA) is 73.6 Å². The fraction of sp³-hybridized carbons (Fsp3) is 0.250. The molecule has 0 aliphatic rings. The van der Waals surface area contributed by atoms with Crippen LogP contribution in [0.2, 0.25) is 0 Å². The Balaban J connectivity index is 3.17. The number of nitrogens with zero attached hydrogens (tertiary/aromatic N) is 2. The third-order valence-corrected chi connectivity index (χ3v) is 3.45. The van der Waals surface area contributed by atoms with E-state index in [1.807, 2.05) is 6.92 Å². The van der Waals surface area contributed by atoms with Gasteiger partial charge in [0, 0.05) is 7.05 Å². The minimum Gasteiger partial charge on any atom is -0.200 e. The van der Waals surface area contributed by atoms with Crippen molar-refractivity contribution in [3.63, 3.8) is 0 Å². The lowest BCUT2D eigenvalue weighted by Gasteiger charge is -2.11. The molecule has 0 spiro atoms. The Morgan fingerprint density at radius 2 is 1.79 bits per heavy atom. The van der Waals surface area contributed by atoms with Crippen molar-refractivity contribution in [3.8, 4) is 0 Å². The van der Waals surface area contributed by atoms with Gasteiger partial charge in [0.1, 0.15) is 0 Å². The van der Waals surface area contributed by atoms with Crippen molar-refractivity contribution in [1.29, 1.82) is 5.53 Å². The van der Waals surface area contributed by atoms with Crippen LogP contribution >= 0.6 is 0 Å². The first-order valence-corrected chi connectivity index (χ1v) is 5.35. The summed E-state index contributed by atoms with van der Waals surface area (Å²) in [6.45, 7) is 1.87. The summed E-state index contributed by atoms with van der Waals surface area (Å²) < 4.78 is 23.8. The molecule has 1 aromatic carbocycles. The van der Waals surface area contributed by atoms with Gasteiger partial charge in [0.05, 0.1) is 4.90 Å². The monoisotopic (exact) mass is 213 g/mol. The smallest absolute Gasteiger partial charge is 0.200 e. The largest absolute Gasteiger partial charge is 0.280 e. The molecule has 0 saturated heterocycles. The number of nitrogens with one attached hydrogen (secondary N) is 1. The van der Waals surface area contributed by atoms with Gasteiger partial charge in [-0.05, 0) is 19.1 Å². The zero-order valence-corrected chi connectivity index (χ0v) is 8.75. The molecule has 0 radical (unpaired) electrons. The van der Waals surface area contributed by atoms with Crippen LogP contribution in [0.3, 0.4) is 0 Å². The van der Waals surface area contributed by atoms with Gasteiger partial charge < -0.3 is 0 Å². The van der Waals surface area contributed by atoms with Gasteiger partial charge in [-0.15, -0.1) is 0 Å². The lowest BCUT2D eigenvalue weighted by atomic mass is 10.2. The SMILES string of the molecule is Cc1ccc(S(=O)(=O)N(C)N=N)cc1. The van der Waals surface area contributed by atoms with Crippen molar-refractivity contribution in [2.24, 2.45) is 5.22 Å². The quantitative estimate of drug-likeness (QED) is 0.611. The van der Waals surface area contributed by atoms with Gasteiger partial charge in [-0.3, -0.25) is 0 Å². The maximum atomic E-state index is 11.6. The van der Waals surface area contributed by atoms with E-state index < -0.39 is 10.0 Å². The van der Waals surface area contributed by atoms with Gasteiger partial charge in [-0.2, -0.15) is 18.4 Å². The fourth-order valence-corrected chi connectivity index (χ4v) is 1.81. The molecule has 0 heterocycles. The summed E-state index contributed by atoms with van der Waals surface area (Å²) in [5.74, 6) is 0. The summed E-state index contributed by atoms with van der Waals surface area (Å²) in [4.78, 5) is 0.140. The van der Waals surface area contributed by atoms with Crippen molar-refractivity contribution in [3.05, 3.63) is 29.8 Å². The zero-order valence-electron chi connectivity index (χ0n) is 7.93.